The molecule has 1 amide bonds. The fourth-order valence-electron chi connectivity index (χ4n) is 1.99. The quantitative estimate of drug-likeness (QED) is 0.661. The number of esters is 1. The van der Waals surface area contributed by atoms with Crippen molar-refractivity contribution < 1.29 is 14.3 Å². The minimum atomic E-state index is -0.369. The third-order valence-electron chi connectivity index (χ3n) is 3.17. The van der Waals surface area contributed by atoms with Crippen LogP contribution in [0.5, 0.6) is 0 Å². The van der Waals surface area contributed by atoms with Gasteiger partial charge in [-0.05, 0) is 43.0 Å². The molecule has 4 heteroatoms. The first-order chi connectivity index (χ1) is 9.60. The van der Waals surface area contributed by atoms with E-state index in [1.807, 2.05) is 0 Å². The molecule has 0 aliphatic heterocycles. The van der Waals surface area contributed by atoms with Crippen molar-refractivity contribution >= 4 is 17.6 Å². The zero-order valence-corrected chi connectivity index (χ0v) is 11.4. The van der Waals surface area contributed by atoms with Crippen molar-refractivity contribution in [3.8, 4) is 12.3 Å². The summed E-state index contributed by atoms with van der Waals surface area (Å²) in [7, 11) is 0. The Morgan fingerprint density at radius 2 is 2.05 bits per heavy atom. The standard InChI is InChI=1S/C16H17NO3/c1-3-4-15(12-5-6-12)20-16(19)13-7-9-14(10-8-13)17-11(2)18/h1,7-10,12,15H,4-6H2,2H3,(H,17,18). The number of benzene rings is 1. The maximum Gasteiger partial charge on any atom is 0.338 e. The van der Waals surface area contributed by atoms with Crippen LogP contribution in [0.4, 0.5) is 5.69 Å². The van der Waals surface area contributed by atoms with Gasteiger partial charge in [-0.3, -0.25) is 4.79 Å². The molecule has 1 fully saturated rings. The summed E-state index contributed by atoms with van der Waals surface area (Å²) in [6, 6.07) is 6.61. The van der Waals surface area contributed by atoms with Gasteiger partial charge in [0.1, 0.15) is 6.10 Å². The summed E-state index contributed by atoms with van der Waals surface area (Å²) in [6.07, 6.45) is 7.72. The molecule has 1 N–H and O–H groups in total. The van der Waals surface area contributed by atoms with Gasteiger partial charge in [0, 0.05) is 19.0 Å². The summed E-state index contributed by atoms with van der Waals surface area (Å²) in [4.78, 5) is 22.9. The molecule has 1 unspecified atom stereocenters. The molecule has 0 saturated heterocycles. The molecule has 0 aromatic heterocycles. The van der Waals surface area contributed by atoms with Gasteiger partial charge in [-0.1, -0.05) is 0 Å². The van der Waals surface area contributed by atoms with Crippen LogP contribution >= 0.6 is 0 Å². The molecule has 104 valence electrons. The first kappa shape index (κ1) is 14.1. The van der Waals surface area contributed by atoms with Crippen LogP contribution in [0.3, 0.4) is 0 Å². The normalized spacial score (nSPS) is 15.0. The van der Waals surface area contributed by atoms with Gasteiger partial charge >= 0.3 is 5.97 Å². The van der Waals surface area contributed by atoms with E-state index in [0.29, 0.717) is 23.6 Å². The van der Waals surface area contributed by atoms with Crippen LogP contribution < -0.4 is 5.32 Å². The average molecular weight is 271 g/mol. The lowest BCUT2D eigenvalue weighted by Gasteiger charge is -2.15. The van der Waals surface area contributed by atoms with E-state index in [0.717, 1.165) is 12.8 Å². The van der Waals surface area contributed by atoms with E-state index in [1.165, 1.54) is 6.92 Å². The highest BCUT2D eigenvalue weighted by Crippen LogP contribution is 2.36. The Bertz CT molecular complexity index is 538. The second kappa shape index (κ2) is 6.25. The maximum absolute atomic E-state index is 12.0. The Hall–Kier alpha value is -2.28. The number of hydrogen-bond donors (Lipinski definition) is 1. The molecule has 0 bridgehead atoms. The van der Waals surface area contributed by atoms with Crippen LogP contribution in [0, 0.1) is 18.3 Å². The van der Waals surface area contributed by atoms with E-state index in [1.54, 1.807) is 24.3 Å². The molecule has 20 heavy (non-hydrogen) atoms. The van der Waals surface area contributed by atoms with Gasteiger partial charge in [0.25, 0.3) is 0 Å². The van der Waals surface area contributed by atoms with Gasteiger partial charge in [0.15, 0.2) is 0 Å². The van der Waals surface area contributed by atoms with Crippen LogP contribution in [-0.2, 0) is 9.53 Å². The molecule has 1 saturated carbocycles. The smallest absolute Gasteiger partial charge is 0.338 e. The fraction of sp³-hybridized carbons (Fsp3) is 0.375. The van der Waals surface area contributed by atoms with Crippen LogP contribution in [0.15, 0.2) is 24.3 Å². The molecule has 0 spiro atoms. The first-order valence-electron chi connectivity index (χ1n) is 6.62. The van der Waals surface area contributed by atoms with Crippen molar-refractivity contribution in [3.05, 3.63) is 29.8 Å². The van der Waals surface area contributed by atoms with Gasteiger partial charge < -0.3 is 10.1 Å². The van der Waals surface area contributed by atoms with Crippen molar-refractivity contribution in [1.29, 1.82) is 0 Å². The topological polar surface area (TPSA) is 55.4 Å². The van der Waals surface area contributed by atoms with Gasteiger partial charge in [-0.25, -0.2) is 4.79 Å². The maximum atomic E-state index is 12.0. The van der Waals surface area contributed by atoms with Crippen LogP contribution in [-0.4, -0.2) is 18.0 Å². The number of nitrogens with one attached hydrogen (secondary N) is 1. The minimum Gasteiger partial charge on any atom is -0.457 e. The Kier molecular flexibility index (Phi) is 4.41. The lowest BCUT2D eigenvalue weighted by Crippen LogP contribution is -2.20. The molecule has 1 aromatic carbocycles. The third-order valence-corrected chi connectivity index (χ3v) is 3.17. The second-order valence-corrected chi connectivity index (χ2v) is 4.95. The highest BCUT2D eigenvalue weighted by atomic mass is 16.5. The molecule has 1 aliphatic carbocycles. The highest BCUT2D eigenvalue weighted by Gasteiger charge is 2.33. The average Bonchev–Trinajstić information content (AvgIpc) is 3.22. The lowest BCUT2D eigenvalue weighted by molar-refractivity contribution is -0.114. The molecular weight excluding hydrogens is 254 g/mol. The summed E-state index contributed by atoms with van der Waals surface area (Å²) in [5.74, 6) is 2.44. The number of terminal acetylenes is 1. The summed E-state index contributed by atoms with van der Waals surface area (Å²) in [5, 5.41) is 2.64. The molecule has 1 atom stereocenters. The van der Waals surface area contributed by atoms with E-state index in [9.17, 15) is 9.59 Å². The van der Waals surface area contributed by atoms with E-state index < -0.39 is 0 Å². The largest absolute Gasteiger partial charge is 0.457 e. The minimum absolute atomic E-state index is 0.150. The number of carbonyl (C=O) groups excluding carboxylic acids is 2. The first-order valence-corrected chi connectivity index (χ1v) is 6.62. The predicted molar refractivity (Wildman–Crippen MR) is 76.1 cm³/mol. The monoisotopic (exact) mass is 271 g/mol. The van der Waals surface area contributed by atoms with Crippen molar-refractivity contribution in [2.75, 3.05) is 5.32 Å². The Labute approximate surface area is 118 Å². The number of hydrogen-bond acceptors (Lipinski definition) is 3. The molecule has 1 aromatic rings. The van der Waals surface area contributed by atoms with Gasteiger partial charge in [0.2, 0.25) is 5.91 Å². The Morgan fingerprint density at radius 3 is 2.55 bits per heavy atom. The SMILES string of the molecule is C#CCC(OC(=O)c1ccc(NC(C)=O)cc1)C1CC1. The van der Waals surface area contributed by atoms with E-state index in [4.69, 9.17) is 11.2 Å². The van der Waals surface area contributed by atoms with Crippen LogP contribution in [0.1, 0.15) is 36.5 Å². The van der Waals surface area contributed by atoms with Crippen molar-refractivity contribution in [3.63, 3.8) is 0 Å². The fourth-order valence-corrected chi connectivity index (χ4v) is 1.99. The second-order valence-electron chi connectivity index (χ2n) is 4.95. The number of ether oxygens (including phenoxy) is 1. The van der Waals surface area contributed by atoms with E-state index >= 15 is 0 Å². The van der Waals surface area contributed by atoms with Gasteiger partial charge in [0.05, 0.1) is 5.56 Å². The van der Waals surface area contributed by atoms with Crippen molar-refractivity contribution in [2.45, 2.75) is 32.3 Å². The Morgan fingerprint density at radius 1 is 1.40 bits per heavy atom. The van der Waals surface area contributed by atoms with Crippen molar-refractivity contribution in [1.82, 2.24) is 0 Å². The Balaban J connectivity index is 1.98. The van der Waals surface area contributed by atoms with E-state index in [2.05, 4.69) is 11.2 Å². The summed E-state index contributed by atoms with van der Waals surface area (Å²) in [5.41, 5.74) is 1.11. The zero-order chi connectivity index (χ0) is 14.5. The molecule has 0 heterocycles. The van der Waals surface area contributed by atoms with Gasteiger partial charge in [-0.2, -0.15) is 0 Å². The van der Waals surface area contributed by atoms with Gasteiger partial charge in [-0.15, -0.1) is 12.3 Å². The third kappa shape index (κ3) is 3.86. The van der Waals surface area contributed by atoms with Crippen LogP contribution in [0.25, 0.3) is 0 Å². The number of carbonyl (C=O) groups is 2. The summed E-state index contributed by atoms with van der Waals surface area (Å²) < 4.78 is 5.45. The highest BCUT2D eigenvalue weighted by molar-refractivity contribution is 5.92. The molecule has 2 rings (SSSR count). The predicted octanol–water partition coefficient (Wildman–Crippen LogP) is 2.60. The van der Waals surface area contributed by atoms with E-state index in [-0.39, 0.29) is 18.0 Å². The molecule has 4 nitrogen and oxygen atoms in total. The number of amides is 1. The molecule has 0 radical (unpaired) electrons. The number of anilines is 1. The lowest BCUT2D eigenvalue weighted by atomic mass is 10.1. The number of rotatable bonds is 5. The van der Waals surface area contributed by atoms with Crippen molar-refractivity contribution in [2.24, 2.45) is 5.92 Å². The molecular formula is C16H17NO3. The summed E-state index contributed by atoms with van der Waals surface area (Å²) >= 11 is 0. The molecule has 1 aliphatic rings. The summed E-state index contributed by atoms with van der Waals surface area (Å²) in [6.45, 7) is 1.43. The zero-order valence-electron chi connectivity index (χ0n) is 11.4. The van der Waals surface area contributed by atoms with Crippen LogP contribution in [0.2, 0.25) is 0 Å².